The number of aliphatic hydroxyl groups is 1. The second kappa shape index (κ2) is 8.36. The maximum atomic E-state index is 8.61. The average Bonchev–Trinajstić information content (AvgIpc) is 2.50. The Balaban J connectivity index is 1.89. The third-order valence-corrected chi connectivity index (χ3v) is 3.74. The first-order chi connectivity index (χ1) is 9.85. The van der Waals surface area contributed by atoms with Crippen molar-refractivity contribution in [3.8, 4) is 11.5 Å². The van der Waals surface area contributed by atoms with Gasteiger partial charge in [0, 0.05) is 18.0 Å². The molecule has 1 heterocycles. The van der Waals surface area contributed by atoms with Crippen LogP contribution in [0.15, 0.2) is 17.0 Å². The normalized spacial score (nSPS) is 13.5. The predicted octanol–water partition coefficient (Wildman–Crippen LogP) is 1.28. The van der Waals surface area contributed by atoms with Crippen LogP contribution in [0.2, 0.25) is 0 Å². The summed E-state index contributed by atoms with van der Waals surface area (Å²) in [5.41, 5.74) is 1.20. The molecule has 0 amide bonds. The van der Waals surface area contributed by atoms with Crippen molar-refractivity contribution >= 4 is 11.8 Å². The predicted molar refractivity (Wildman–Crippen MR) is 78.8 cm³/mol. The lowest BCUT2D eigenvalue weighted by Crippen LogP contribution is -2.21. The molecule has 0 unspecified atom stereocenters. The van der Waals surface area contributed by atoms with E-state index in [9.17, 15) is 0 Å². The van der Waals surface area contributed by atoms with Crippen LogP contribution in [-0.4, -0.2) is 50.9 Å². The minimum absolute atomic E-state index is 0.0682. The Morgan fingerprint density at radius 2 is 2.00 bits per heavy atom. The van der Waals surface area contributed by atoms with Gasteiger partial charge in [0.1, 0.15) is 13.2 Å². The Hall–Kier alpha value is -0.950. The molecular formula is C14H21NO4S. The fourth-order valence-electron chi connectivity index (χ4n) is 1.97. The molecule has 2 rings (SSSR count). The first-order valence-electron chi connectivity index (χ1n) is 6.71. The topological polar surface area (TPSA) is 60.0 Å². The van der Waals surface area contributed by atoms with Crippen LogP contribution in [-0.2, 0) is 11.3 Å². The van der Waals surface area contributed by atoms with Crippen LogP contribution in [0.1, 0.15) is 5.56 Å². The van der Waals surface area contributed by atoms with Crippen molar-refractivity contribution in [2.75, 3.05) is 45.8 Å². The molecular weight excluding hydrogens is 278 g/mol. The van der Waals surface area contributed by atoms with Crippen molar-refractivity contribution in [2.24, 2.45) is 0 Å². The Kier molecular flexibility index (Phi) is 6.46. The van der Waals surface area contributed by atoms with E-state index in [2.05, 4.69) is 11.6 Å². The van der Waals surface area contributed by atoms with E-state index in [1.165, 1.54) is 10.5 Å². The summed E-state index contributed by atoms with van der Waals surface area (Å²) < 4.78 is 16.4. The molecule has 0 saturated heterocycles. The SMILES string of the molecule is CSc1cc2c(cc1CNCCOCCO)OCCO2. The number of hydrogen-bond acceptors (Lipinski definition) is 6. The van der Waals surface area contributed by atoms with Crippen molar-refractivity contribution < 1.29 is 19.3 Å². The molecule has 1 aliphatic rings. The highest BCUT2D eigenvalue weighted by Gasteiger charge is 2.15. The van der Waals surface area contributed by atoms with Gasteiger partial charge in [-0.15, -0.1) is 11.8 Å². The van der Waals surface area contributed by atoms with Crippen LogP contribution in [0.3, 0.4) is 0 Å². The minimum atomic E-state index is 0.0682. The van der Waals surface area contributed by atoms with Gasteiger partial charge >= 0.3 is 0 Å². The summed E-state index contributed by atoms with van der Waals surface area (Å²) in [5, 5.41) is 11.9. The molecule has 0 aliphatic carbocycles. The van der Waals surface area contributed by atoms with Crippen molar-refractivity contribution in [2.45, 2.75) is 11.4 Å². The van der Waals surface area contributed by atoms with Gasteiger partial charge < -0.3 is 24.6 Å². The molecule has 6 heteroatoms. The highest BCUT2D eigenvalue weighted by atomic mass is 32.2. The summed E-state index contributed by atoms with van der Waals surface area (Å²) in [4.78, 5) is 1.19. The fraction of sp³-hybridized carbons (Fsp3) is 0.571. The number of ether oxygens (including phenoxy) is 3. The molecule has 0 spiro atoms. The maximum Gasteiger partial charge on any atom is 0.162 e. The molecule has 2 N–H and O–H groups in total. The van der Waals surface area contributed by atoms with E-state index in [1.807, 2.05) is 12.1 Å². The third-order valence-electron chi connectivity index (χ3n) is 2.92. The lowest BCUT2D eigenvalue weighted by molar-refractivity contribution is 0.0937. The van der Waals surface area contributed by atoms with E-state index in [0.29, 0.717) is 26.4 Å². The molecule has 0 fully saturated rings. The highest BCUT2D eigenvalue weighted by Crippen LogP contribution is 2.36. The molecule has 0 aromatic heterocycles. The van der Waals surface area contributed by atoms with Gasteiger partial charge in [0.05, 0.1) is 19.8 Å². The van der Waals surface area contributed by atoms with Crippen LogP contribution < -0.4 is 14.8 Å². The van der Waals surface area contributed by atoms with Crippen LogP contribution in [0, 0.1) is 0 Å². The molecule has 112 valence electrons. The van der Waals surface area contributed by atoms with E-state index in [4.69, 9.17) is 19.3 Å². The van der Waals surface area contributed by atoms with E-state index in [0.717, 1.165) is 24.6 Å². The Morgan fingerprint density at radius 1 is 1.25 bits per heavy atom. The monoisotopic (exact) mass is 299 g/mol. The second-order valence-corrected chi connectivity index (χ2v) is 5.17. The fourth-order valence-corrected chi connectivity index (χ4v) is 2.59. The standard InChI is InChI=1S/C14H21NO4S/c1-20-14-9-13-12(18-6-7-19-13)8-11(14)10-15-2-4-17-5-3-16/h8-9,15-16H,2-7,10H2,1H3. The number of thioether (sulfide) groups is 1. The zero-order valence-electron chi connectivity index (χ0n) is 11.7. The van der Waals surface area contributed by atoms with Crippen molar-refractivity contribution in [3.05, 3.63) is 17.7 Å². The van der Waals surface area contributed by atoms with E-state index >= 15 is 0 Å². The second-order valence-electron chi connectivity index (χ2n) is 4.32. The summed E-state index contributed by atoms with van der Waals surface area (Å²) in [6.45, 7) is 3.78. The Bertz CT molecular complexity index is 428. The Morgan fingerprint density at radius 3 is 2.70 bits per heavy atom. The van der Waals surface area contributed by atoms with Crippen LogP contribution in [0.5, 0.6) is 11.5 Å². The molecule has 0 atom stereocenters. The van der Waals surface area contributed by atoms with E-state index in [1.54, 1.807) is 11.8 Å². The first kappa shape index (κ1) is 15.4. The lowest BCUT2D eigenvalue weighted by Gasteiger charge is -2.21. The molecule has 0 bridgehead atoms. The summed E-state index contributed by atoms with van der Waals surface area (Å²) in [5.74, 6) is 1.65. The molecule has 1 aliphatic heterocycles. The summed E-state index contributed by atoms with van der Waals surface area (Å²) >= 11 is 1.70. The van der Waals surface area contributed by atoms with Gasteiger partial charge in [-0.05, 0) is 24.0 Å². The number of fused-ring (bicyclic) bond motifs is 1. The first-order valence-corrected chi connectivity index (χ1v) is 7.93. The number of aliphatic hydroxyl groups excluding tert-OH is 1. The molecule has 1 aromatic carbocycles. The number of hydrogen-bond donors (Lipinski definition) is 2. The summed E-state index contributed by atoms with van der Waals surface area (Å²) in [6.07, 6.45) is 2.05. The van der Waals surface area contributed by atoms with Gasteiger partial charge in [0.2, 0.25) is 0 Å². The zero-order valence-corrected chi connectivity index (χ0v) is 12.5. The minimum Gasteiger partial charge on any atom is -0.486 e. The Labute approximate surface area is 123 Å². The number of benzene rings is 1. The lowest BCUT2D eigenvalue weighted by atomic mass is 10.2. The van der Waals surface area contributed by atoms with E-state index in [-0.39, 0.29) is 6.61 Å². The van der Waals surface area contributed by atoms with Gasteiger partial charge in [-0.25, -0.2) is 0 Å². The average molecular weight is 299 g/mol. The van der Waals surface area contributed by atoms with Crippen LogP contribution in [0.25, 0.3) is 0 Å². The third kappa shape index (κ3) is 4.28. The number of nitrogens with one attached hydrogen (secondary N) is 1. The van der Waals surface area contributed by atoms with Gasteiger partial charge in [-0.3, -0.25) is 0 Å². The van der Waals surface area contributed by atoms with Crippen LogP contribution >= 0.6 is 11.8 Å². The van der Waals surface area contributed by atoms with Crippen molar-refractivity contribution in [1.29, 1.82) is 0 Å². The molecule has 0 radical (unpaired) electrons. The van der Waals surface area contributed by atoms with E-state index < -0.39 is 0 Å². The zero-order chi connectivity index (χ0) is 14.2. The smallest absolute Gasteiger partial charge is 0.162 e. The molecule has 20 heavy (non-hydrogen) atoms. The summed E-state index contributed by atoms with van der Waals surface area (Å²) in [7, 11) is 0. The van der Waals surface area contributed by atoms with Gasteiger partial charge in [0.25, 0.3) is 0 Å². The maximum absolute atomic E-state index is 8.61. The van der Waals surface area contributed by atoms with Gasteiger partial charge in [-0.1, -0.05) is 0 Å². The highest BCUT2D eigenvalue weighted by molar-refractivity contribution is 7.98. The van der Waals surface area contributed by atoms with Gasteiger partial charge in [0.15, 0.2) is 11.5 Å². The van der Waals surface area contributed by atoms with Crippen molar-refractivity contribution in [3.63, 3.8) is 0 Å². The van der Waals surface area contributed by atoms with Crippen LogP contribution in [0.4, 0.5) is 0 Å². The largest absolute Gasteiger partial charge is 0.486 e. The summed E-state index contributed by atoms with van der Waals surface area (Å²) in [6, 6.07) is 4.08. The molecule has 0 saturated carbocycles. The molecule has 1 aromatic rings. The molecule has 5 nitrogen and oxygen atoms in total. The van der Waals surface area contributed by atoms with Gasteiger partial charge in [-0.2, -0.15) is 0 Å². The quantitative estimate of drug-likeness (QED) is 0.557. The number of rotatable bonds is 8. The van der Waals surface area contributed by atoms with Crippen molar-refractivity contribution in [1.82, 2.24) is 5.32 Å².